The number of carbonyl (C=O) groups excluding carboxylic acids is 2. The molecule has 51 heavy (non-hydrogen) atoms. The summed E-state index contributed by atoms with van der Waals surface area (Å²) in [7, 11) is 0. The Kier molecular flexibility index (Phi) is 10.4. The Labute approximate surface area is 301 Å². The van der Waals surface area contributed by atoms with Gasteiger partial charge in [-0.3, -0.25) is 15.0 Å². The van der Waals surface area contributed by atoms with E-state index in [1.807, 2.05) is 84.6 Å². The minimum absolute atomic E-state index is 0.0175. The van der Waals surface area contributed by atoms with Gasteiger partial charge >= 0.3 is 5.97 Å². The Bertz CT molecular complexity index is 2040. The van der Waals surface area contributed by atoms with Crippen molar-refractivity contribution < 1.29 is 24.2 Å². The summed E-state index contributed by atoms with van der Waals surface area (Å²) in [6, 6.07) is 23.0. The first-order valence-corrected chi connectivity index (χ1v) is 18.3. The Morgan fingerprint density at radius 2 is 1.82 bits per heavy atom. The third-order valence-electron chi connectivity index (χ3n) is 9.99. The maximum Gasteiger partial charge on any atom is 0.355 e. The van der Waals surface area contributed by atoms with Crippen molar-refractivity contribution in [1.82, 2.24) is 14.9 Å². The van der Waals surface area contributed by atoms with E-state index >= 15 is 0 Å². The number of pyridine rings is 1. The molecule has 262 valence electrons. The third-order valence-corrected chi connectivity index (χ3v) is 10.9. The first-order chi connectivity index (χ1) is 24.9. The van der Waals surface area contributed by atoms with Crippen LogP contribution in [0.25, 0.3) is 21.3 Å². The van der Waals surface area contributed by atoms with Gasteiger partial charge in [-0.2, -0.15) is 0 Å². The smallest absolute Gasteiger partial charge is 0.355 e. The average Bonchev–Trinajstić information content (AvgIpc) is 3.56. The summed E-state index contributed by atoms with van der Waals surface area (Å²) in [5, 5.41) is 13.8. The largest absolute Gasteiger partial charge is 0.494 e. The maximum absolute atomic E-state index is 13.5. The van der Waals surface area contributed by atoms with Crippen LogP contribution in [0.5, 0.6) is 5.75 Å². The van der Waals surface area contributed by atoms with Crippen molar-refractivity contribution in [1.29, 1.82) is 0 Å². The topological polar surface area (TPSA) is 125 Å². The normalized spacial score (nSPS) is 15.0. The molecular formula is C40H41N5O5S. The van der Waals surface area contributed by atoms with Gasteiger partial charge in [0, 0.05) is 24.2 Å². The SMILES string of the molecule is Cc1cc(OCCCC2CCN(CC=O)CC2)ccc1-c1ccc(N2CCc3cccc(C(=O)Nc4nc5ccccc5s4)c3C2)nc1C(=O)O. The van der Waals surface area contributed by atoms with Gasteiger partial charge in [-0.1, -0.05) is 41.7 Å². The Balaban J connectivity index is 1.02. The standard InChI is InChI=1S/C40H41N5O5S/c1-26-24-29(50-23-5-6-27-15-18-44(19-16-27)21-22-46)11-12-30(26)31-13-14-36(42-37(31)39(48)49)45-20-17-28-7-4-8-32(33(28)25-45)38(47)43-40-41-34-9-2-3-10-35(34)51-40/h2-4,7-14,22,24,27H,5-6,15-21,23,25H2,1H3,(H,48,49)(H,41,43,47). The van der Waals surface area contributed by atoms with Gasteiger partial charge < -0.3 is 19.5 Å². The number of amides is 1. The van der Waals surface area contributed by atoms with Crippen molar-refractivity contribution in [3.63, 3.8) is 0 Å². The number of anilines is 2. The number of ether oxygens (including phenoxy) is 1. The fraction of sp³-hybridized carbons (Fsp3) is 0.325. The summed E-state index contributed by atoms with van der Waals surface area (Å²) in [6.07, 6.45) is 5.99. The molecule has 11 heteroatoms. The number of aromatic carboxylic acids is 1. The van der Waals surface area contributed by atoms with E-state index in [1.54, 1.807) is 0 Å². The van der Waals surface area contributed by atoms with Crippen molar-refractivity contribution in [3.05, 3.63) is 101 Å². The van der Waals surface area contributed by atoms with E-state index in [-0.39, 0.29) is 11.6 Å². The molecular weight excluding hydrogens is 663 g/mol. The fourth-order valence-corrected chi connectivity index (χ4v) is 8.10. The molecule has 2 N–H and O–H groups in total. The minimum atomic E-state index is -1.10. The Hall–Kier alpha value is -5.13. The highest BCUT2D eigenvalue weighted by molar-refractivity contribution is 7.22. The number of benzene rings is 3. The van der Waals surface area contributed by atoms with Crippen molar-refractivity contribution in [3.8, 4) is 16.9 Å². The number of rotatable bonds is 12. The first kappa shape index (κ1) is 34.3. The van der Waals surface area contributed by atoms with Gasteiger partial charge in [-0.05, 0) is 123 Å². The van der Waals surface area contributed by atoms with Crippen LogP contribution in [0.3, 0.4) is 0 Å². The fourth-order valence-electron chi connectivity index (χ4n) is 7.24. The van der Waals surface area contributed by atoms with Gasteiger partial charge in [0.05, 0.1) is 23.4 Å². The van der Waals surface area contributed by atoms with Gasteiger partial charge in [0.25, 0.3) is 5.91 Å². The second-order valence-corrected chi connectivity index (χ2v) is 14.3. The number of hydrogen-bond donors (Lipinski definition) is 2. The highest BCUT2D eigenvalue weighted by Crippen LogP contribution is 2.33. The van der Waals surface area contributed by atoms with Crippen LogP contribution >= 0.6 is 11.3 Å². The van der Waals surface area contributed by atoms with Crippen molar-refractivity contribution in [2.75, 3.05) is 43.0 Å². The molecule has 0 unspecified atom stereocenters. The number of carboxylic acid groups (broad SMARTS) is 1. The molecule has 7 rings (SSSR count). The zero-order valence-electron chi connectivity index (χ0n) is 28.6. The number of nitrogens with one attached hydrogen (secondary N) is 1. The van der Waals surface area contributed by atoms with Crippen LogP contribution in [-0.2, 0) is 17.8 Å². The molecule has 4 heterocycles. The number of nitrogens with zero attached hydrogens (tertiary/aromatic N) is 4. The molecule has 2 aliphatic rings. The number of hydrogen-bond acceptors (Lipinski definition) is 9. The number of aldehydes is 1. The molecule has 2 aromatic heterocycles. The Morgan fingerprint density at radius 1 is 1.00 bits per heavy atom. The van der Waals surface area contributed by atoms with E-state index in [2.05, 4.69) is 20.2 Å². The monoisotopic (exact) mass is 703 g/mol. The molecule has 0 radical (unpaired) electrons. The molecule has 1 amide bonds. The molecule has 1 fully saturated rings. The van der Waals surface area contributed by atoms with Crippen LogP contribution in [0.1, 0.15) is 63.2 Å². The van der Waals surface area contributed by atoms with Gasteiger partial charge in [0.2, 0.25) is 0 Å². The number of aromatic nitrogens is 2. The lowest BCUT2D eigenvalue weighted by Gasteiger charge is -2.31. The predicted octanol–water partition coefficient (Wildman–Crippen LogP) is 7.25. The Morgan fingerprint density at radius 3 is 2.61 bits per heavy atom. The molecule has 10 nitrogen and oxygen atoms in total. The number of aryl methyl sites for hydroxylation is 1. The van der Waals surface area contributed by atoms with E-state index in [0.29, 0.717) is 60.7 Å². The maximum atomic E-state index is 13.5. The molecule has 0 saturated carbocycles. The molecule has 3 aromatic carbocycles. The number of para-hydroxylation sites is 1. The molecule has 0 atom stereocenters. The van der Waals surface area contributed by atoms with Crippen molar-refractivity contribution >= 4 is 50.7 Å². The predicted molar refractivity (Wildman–Crippen MR) is 200 cm³/mol. The second kappa shape index (κ2) is 15.4. The van der Waals surface area contributed by atoms with Crippen molar-refractivity contribution in [2.24, 2.45) is 5.92 Å². The van der Waals surface area contributed by atoms with E-state index in [9.17, 15) is 19.5 Å². The lowest BCUT2D eigenvalue weighted by molar-refractivity contribution is -0.109. The molecule has 0 bridgehead atoms. The lowest BCUT2D eigenvalue weighted by Crippen LogP contribution is -2.34. The molecule has 5 aromatic rings. The van der Waals surface area contributed by atoms with Crippen LogP contribution in [0.2, 0.25) is 0 Å². The van der Waals surface area contributed by atoms with Crippen molar-refractivity contribution in [2.45, 2.75) is 45.6 Å². The van der Waals surface area contributed by atoms with Gasteiger partial charge in [0.15, 0.2) is 10.8 Å². The van der Waals surface area contributed by atoms with Gasteiger partial charge in [-0.15, -0.1) is 0 Å². The second-order valence-electron chi connectivity index (χ2n) is 13.3. The summed E-state index contributed by atoms with van der Waals surface area (Å²) in [4.78, 5) is 50.3. The lowest BCUT2D eigenvalue weighted by atomic mass is 9.92. The molecule has 2 aliphatic heterocycles. The highest BCUT2D eigenvalue weighted by Gasteiger charge is 2.25. The zero-order chi connectivity index (χ0) is 35.3. The number of carboxylic acids is 1. The molecule has 1 saturated heterocycles. The van der Waals surface area contributed by atoms with Crippen LogP contribution in [-0.4, -0.2) is 70.9 Å². The molecule has 0 spiro atoms. The number of thiazole rings is 1. The zero-order valence-corrected chi connectivity index (χ0v) is 29.5. The summed E-state index contributed by atoms with van der Waals surface area (Å²) in [5.41, 5.74) is 5.63. The number of likely N-dealkylation sites (tertiary alicyclic amines) is 1. The molecule has 0 aliphatic carbocycles. The van der Waals surface area contributed by atoms with Crippen LogP contribution in [0.4, 0.5) is 10.9 Å². The first-order valence-electron chi connectivity index (χ1n) is 17.5. The summed E-state index contributed by atoms with van der Waals surface area (Å²) in [6.45, 7) is 6.14. The number of piperidine rings is 1. The average molecular weight is 704 g/mol. The minimum Gasteiger partial charge on any atom is -0.494 e. The highest BCUT2D eigenvalue weighted by atomic mass is 32.1. The number of fused-ring (bicyclic) bond motifs is 2. The van der Waals surface area contributed by atoms with Crippen LogP contribution in [0.15, 0.2) is 72.8 Å². The van der Waals surface area contributed by atoms with Crippen LogP contribution < -0.4 is 15.0 Å². The van der Waals surface area contributed by atoms with Gasteiger partial charge in [0.1, 0.15) is 17.9 Å². The summed E-state index contributed by atoms with van der Waals surface area (Å²) >= 11 is 1.44. The van der Waals surface area contributed by atoms with Crippen LogP contribution in [0, 0.1) is 12.8 Å². The van der Waals surface area contributed by atoms with E-state index in [4.69, 9.17) is 4.74 Å². The van der Waals surface area contributed by atoms with Gasteiger partial charge in [-0.25, -0.2) is 14.8 Å². The quantitative estimate of drug-likeness (QED) is 0.102. The number of carbonyl (C=O) groups is 3. The van der Waals surface area contributed by atoms with E-state index < -0.39 is 5.97 Å². The van der Waals surface area contributed by atoms with E-state index in [0.717, 1.165) is 83.3 Å². The summed E-state index contributed by atoms with van der Waals surface area (Å²) < 4.78 is 7.08. The van der Waals surface area contributed by atoms with E-state index in [1.165, 1.54) is 11.3 Å². The summed E-state index contributed by atoms with van der Waals surface area (Å²) in [5.74, 6) is 0.653. The third kappa shape index (κ3) is 7.79.